The van der Waals surface area contributed by atoms with Crippen LogP contribution >= 0.6 is 11.6 Å². The molecule has 0 atom stereocenters. The van der Waals surface area contributed by atoms with Crippen LogP contribution in [0.2, 0.25) is 5.02 Å². The number of hydrogen-bond donors (Lipinski definition) is 1. The minimum absolute atomic E-state index is 0.299. The van der Waals surface area contributed by atoms with Crippen molar-refractivity contribution in [3.63, 3.8) is 0 Å². The summed E-state index contributed by atoms with van der Waals surface area (Å²) in [5.74, 6) is 0.0585. The molecule has 1 saturated heterocycles. The Morgan fingerprint density at radius 2 is 1.77 bits per heavy atom. The molecule has 0 unspecified atom stereocenters. The fraction of sp³-hybridized carbons (Fsp3) is 0.240. The fourth-order valence-electron chi connectivity index (χ4n) is 3.72. The third-order valence-electron chi connectivity index (χ3n) is 5.54. The first-order valence-electron chi connectivity index (χ1n) is 10.5. The Morgan fingerprint density at radius 1 is 1.03 bits per heavy atom. The van der Waals surface area contributed by atoms with Gasteiger partial charge >= 0.3 is 0 Å². The molecule has 0 aliphatic carbocycles. The molecule has 1 N–H and O–H groups in total. The van der Waals surface area contributed by atoms with Crippen LogP contribution in [0.25, 0.3) is 11.1 Å². The van der Waals surface area contributed by atoms with Gasteiger partial charge in [0, 0.05) is 29.5 Å². The highest BCUT2D eigenvalue weighted by atomic mass is 35.5. The molecule has 1 aliphatic rings. The lowest BCUT2D eigenvalue weighted by molar-refractivity contribution is 0.0950. The zero-order valence-corrected chi connectivity index (χ0v) is 18.0. The molecular formula is C25H25ClN4O. The van der Waals surface area contributed by atoms with E-state index in [2.05, 4.69) is 26.5 Å². The maximum absolute atomic E-state index is 12.3. The highest BCUT2D eigenvalue weighted by molar-refractivity contribution is 6.31. The van der Waals surface area contributed by atoms with Crippen LogP contribution in [0.3, 0.4) is 0 Å². The van der Waals surface area contributed by atoms with Gasteiger partial charge in [-0.15, -0.1) is 0 Å². The molecular weight excluding hydrogens is 408 g/mol. The Kier molecular flexibility index (Phi) is 7.07. The van der Waals surface area contributed by atoms with E-state index in [1.165, 1.54) is 0 Å². The Balaban J connectivity index is 1.24. The number of pyridine rings is 1. The van der Waals surface area contributed by atoms with Crippen molar-refractivity contribution in [3.8, 4) is 11.1 Å². The van der Waals surface area contributed by atoms with Gasteiger partial charge in [0.2, 0.25) is 0 Å². The molecule has 0 spiro atoms. The molecule has 3 aromatic rings. The smallest absolute Gasteiger partial charge is 0.289 e. The molecule has 0 saturated carbocycles. The second-order valence-corrected chi connectivity index (χ2v) is 8.13. The summed E-state index contributed by atoms with van der Waals surface area (Å²) in [7, 11) is 0. The fourth-order valence-corrected chi connectivity index (χ4v) is 3.91. The maximum atomic E-state index is 12.3. The van der Waals surface area contributed by atoms with Crippen LogP contribution < -0.4 is 5.43 Å². The number of likely N-dealkylation sites (tertiary alicyclic amines) is 1. The van der Waals surface area contributed by atoms with Crippen LogP contribution in [0.15, 0.2) is 78.0 Å². The summed E-state index contributed by atoms with van der Waals surface area (Å²) in [6.45, 7) is 2.83. The SMILES string of the molecule is O=C(NN=CC1CCN(Cc2ccccc2Cl)CC1)c1ccc(-c2ccccc2)cn1. The van der Waals surface area contributed by atoms with Crippen molar-refractivity contribution in [1.29, 1.82) is 0 Å². The molecule has 2 aromatic carbocycles. The van der Waals surface area contributed by atoms with Crippen LogP contribution in [-0.4, -0.2) is 35.1 Å². The van der Waals surface area contributed by atoms with Gasteiger partial charge in [-0.2, -0.15) is 5.10 Å². The number of amides is 1. The second-order valence-electron chi connectivity index (χ2n) is 7.72. The average molecular weight is 433 g/mol. The Bertz CT molecular complexity index is 1030. The largest absolute Gasteiger partial charge is 0.299 e. The van der Waals surface area contributed by atoms with Crippen molar-refractivity contribution < 1.29 is 4.79 Å². The number of hydrogen-bond acceptors (Lipinski definition) is 4. The molecule has 1 aliphatic heterocycles. The minimum atomic E-state index is -0.299. The predicted octanol–water partition coefficient (Wildman–Crippen LogP) is 5.03. The lowest BCUT2D eigenvalue weighted by Crippen LogP contribution is -2.34. The molecule has 1 fully saturated rings. The van der Waals surface area contributed by atoms with Crippen LogP contribution in [0.1, 0.15) is 28.9 Å². The van der Waals surface area contributed by atoms with Gasteiger partial charge in [-0.25, -0.2) is 5.43 Å². The second kappa shape index (κ2) is 10.3. The Labute approximate surface area is 187 Å². The lowest BCUT2D eigenvalue weighted by atomic mass is 9.98. The summed E-state index contributed by atoms with van der Waals surface area (Å²) >= 11 is 6.27. The monoisotopic (exact) mass is 432 g/mol. The van der Waals surface area contributed by atoms with E-state index in [0.29, 0.717) is 11.6 Å². The van der Waals surface area contributed by atoms with Crippen molar-refractivity contribution in [2.75, 3.05) is 13.1 Å². The molecule has 5 nitrogen and oxygen atoms in total. The number of piperidine rings is 1. The molecule has 4 rings (SSSR count). The first-order chi connectivity index (χ1) is 15.2. The van der Waals surface area contributed by atoms with Crippen molar-refractivity contribution in [2.45, 2.75) is 19.4 Å². The highest BCUT2D eigenvalue weighted by Gasteiger charge is 2.18. The first-order valence-corrected chi connectivity index (χ1v) is 10.9. The van der Waals surface area contributed by atoms with E-state index >= 15 is 0 Å². The number of carbonyl (C=O) groups is 1. The molecule has 1 amide bonds. The third kappa shape index (κ3) is 5.78. The van der Waals surface area contributed by atoms with Gasteiger partial charge in [0.15, 0.2) is 0 Å². The highest BCUT2D eigenvalue weighted by Crippen LogP contribution is 2.21. The van der Waals surface area contributed by atoms with E-state index in [4.69, 9.17) is 11.6 Å². The number of aromatic nitrogens is 1. The molecule has 2 heterocycles. The maximum Gasteiger partial charge on any atom is 0.289 e. The molecule has 6 heteroatoms. The summed E-state index contributed by atoms with van der Waals surface area (Å²) in [5, 5.41) is 4.99. The van der Waals surface area contributed by atoms with Crippen molar-refractivity contribution in [1.82, 2.24) is 15.3 Å². The summed E-state index contributed by atoms with van der Waals surface area (Å²) < 4.78 is 0. The molecule has 1 aromatic heterocycles. The zero-order chi connectivity index (χ0) is 21.5. The first kappa shape index (κ1) is 21.2. The standard InChI is InChI=1S/C25H25ClN4O/c26-23-9-5-4-8-22(23)18-30-14-12-19(13-15-30)16-28-29-25(31)24-11-10-21(17-27-24)20-6-2-1-3-7-20/h1-11,16-17,19H,12-15,18H2,(H,29,31). The number of halogens is 1. The minimum Gasteiger partial charge on any atom is -0.299 e. The van der Waals surface area contributed by atoms with E-state index < -0.39 is 0 Å². The van der Waals surface area contributed by atoms with Gasteiger partial charge in [-0.05, 0) is 55.1 Å². The van der Waals surface area contributed by atoms with Gasteiger partial charge in [-0.1, -0.05) is 66.2 Å². The van der Waals surface area contributed by atoms with E-state index in [0.717, 1.165) is 54.2 Å². The van der Waals surface area contributed by atoms with Gasteiger partial charge in [0.25, 0.3) is 5.91 Å². The summed E-state index contributed by atoms with van der Waals surface area (Å²) in [6, 6.07) is 21.6. The van der Waals surface area contributed by atoms with Crippen molar-refractivity contribution >= 4 is 23.7 Å². The molecule has 0 radical (unpaired) electrons. The topological polar surface area (TPSA) is 57.6 Å². The van der Waals surface area contributed by atoms with Crippen LogP contribution in [0, 0.1) is 5.92 Å². The van der Waals surface area contributed by atoms with Gasteiger partial charge < -0.3 is 0 Å². The predicted molar refractivity (Wildman–Crippen MR) is 125 cm³/mol. The van der Waals surface area contributed by atoms with Gasteiger partial charge in [0.05, 0.1) is 0 Å². The van der Waals surface area contributed by atoms with Gasteiger partial charge in [0.1, 0.15) is 5.69 Å². The number of nitrogens with one attached hydrogen (secondary N) is 1. The third-order valence-corrected chi connectivity index (χ3v) is 5.91. The van der Waals surface area contributed by atoms with E-state index in [9.17, 15) is 4.79 Å². The number of benzene rings is 2. The average Bonchev–Trinajstić information content (AvgIpc) is 2.82. The number of carbonyl (C=O) groups excluding carboxylic acids is 1. The van der Waals surface area contributed by atoms with Crippen molar-refractivity contribution in [2.24, 2.45) is 11.0 Å². The number of nitrogens with zero attached hydrogens (tertiary/aromatic N) is 3. The van der Waals surface area contributed by atoms with Crippen molar-refractivity contribution in [3.05, 3.63) is 89.2 Å². The molecule has 158 valence electrons. The van der Waals surface area contributed by atoms with E-state index in [1.807, 2.05) is 60.8 Å². The Morgan fingerprint density at radius 3 is 2.48 bits per heavy atom. The molecule has 31 heavy (non-hydrogen) atoms. The summed E-state index contributed by atoms with van der Waals surface area (Å²) in [4.78, 5) is 19.0. The van der Waals surface area contributed by atoms with E-state index in [1.54, 1.807) is 12.3 Å². The number of hydrazone groups is 1. The summed E-state index contributed by atoms with van der Waals surface area (Å²) in [5.41, 5.74) is 6.16. The summed E-state index contributed by atoms with van der Waals surface area (Å²) in [6.07, 6.45) is 5.58. The normalized spacial score (nSPS) is 15.3. The van der Waals surface area contributed by atoms with Crippen LogP contribution in [-0.2, 0) is 6.54 Å². The Hall–Kier alpha value is -3.02. The van der Waals surface area contributed by atoms with Crippen LogP contribution in [0.5, 0.6) is 0 Å². The quantitative estimate of drug-likeness (QED) is 0.439. The van der Waals surface area contributed by atoms with E-state index in [-0.39, 0.29) is 5.91 Å². The van der Waals surface area contributed by atoms with Gasteiger partial charge in [-0.3, -0.25) is 14.7 Å². The van der Waals surface area contributed by atoms with Crippen LogP contribution in [0.4, 0.5) is 0 Å². The number of rotatable bonds is 6. The molecule has 0 bridgehead atoms. The lowest BCUT2D eigenvalue weighted by Gasteiger charge is -2.30. The zero-order valence-electron chi connectivity index (χ0n) is 17.2.